The molecular formula is C11H16N2OS. The van der Waals surface area contributed by atoms with Crippen molar-refractivity contribution in [2.24, 2.45) is 0 Å². The van der Waals surface area contributed by atoms with Crippen molar-refractivity contribution in [3.05, 3.63) is 23.4 Å². The molecule has 0 saturated heterocycles. The molecule has 1 heterocycles. The van der Waals surface area contributed by atoms with Gasteiger partial charge in [0.2, 0.25) is 0 Å². The zero-order chi connectivity index (χ0) is 11.6. The highest BCUT2D eigenvalue weighted by molar-refractivity contribution is 8.00. The van der Waals surface area contributed by atoms with Gasteiger partial charge in [-0.25, -0.2) is 4.98 Å². The van der Waals surface area contributed by atoms with Crippen molar-refractivity contribution in [3.8, 4) is 0 Å². The third-order valence-electron chi connectivity index (χ3n) is 2.47. The van der Waals surface area contributed by atoms with Crippen LogP contribution in [-0.2, 0) is 0 Å². The minimum Gasteiger partial charge on any atom is -0.383 e. The van der Waals surface area contributed by atoms with E-state index in [1.54, 1.807) is 12.3 Å². The minimum absolute atomic E-state index is 0.0399. The number of aryl methyl sites for hydroxylation is 1. The van der Waals surface area contributed by atoms with E-state index in [1.165, 1.54) is 11.8 Å². The van der Waals surface area contributed by atoms with E-state index in [4.69, 9.17) is 5.73 Å². The number of carbonyl (C=O) groups is 1. The second-order valence-electron chi connectivity index (χ2n) is 3.93. The van der Waals surface area contributed by atoms with Crippen LogP contribution in [0.25, 0.3) is 0 Å². The molecule has 0 atom stereocenters. The second-order valence-corrected chi connectivity index (χ2v) is 5.36. The number of hydrogen-bond donors (Lipinski definition) is 1. The maximum absolute atomic E-state index is 12.2. The van der Waals surface area contributed by atoms with E-state index in [9.17, 15) is 4.79 Å². The Hall–Kier alpha value is -1.03. The summed E-state index contributed by atoms with van der Waals surface area (Å²) in [4.78, 5) is 16.2. The number of anilines is 1. The Morgan fingerprint density at radius 2 is 2.13 bits per heavy atom. The molecule has 15 heavy (non-hydrogen) atoms. The van der Waals surface area contributed by atoms with Crippen LogP contribution < -0.4 is 5.73 Å². The lowest BCUT2D eigenvalue weighted by molar-refractivity contribution is 0.0958. The molecule has 1 aromatic heterocycles. The summed E-state index contributed by atoms with van der Waals surface area (Å²) in [5.41, 5.74) is 7.17. The van der Waals surface area contributed by atoms with Gasteiger partial charge < -0.3 is 5.73 Å². The Balaban J connectivity index is 3.23. The van der Waals surface area contributed by atoms with E-state index in [2.05, 4.69) is 4.98 Å². The number of thioether (sulfide) groups is 1. The SMILES string of the molecule is CSC(C)(C)C(=O)c1c(C)ccnc1N. The third-order valence-corrected chi connectivity index (χ3v) is 3.68. The highest BCUT2D eigenvalue weighted by Gasteiger charge is 2.30. The summed E-state index contributed by atoms with van der Waals surface area (Å²) < 4.78 is -0.456. The van der Waals surface area contributed by atoms with Gasteiger partial charge in [-0.2, -0.15) is 11.8 Å². The van der Waals surface area contributed by atoms with Crippen molar-refractivity contribution in [2.75, 3.05) is 12.0 Å². The predicted octanol–water partition coefficient (Wildman–Crippen LogP) is 2.30. The summed E-state index contributed by atoms with van der Waals surface area (Å²) in [6.07, 6.45) is 3.54. The van der Waals surface area contributed by atoms with Crippen LogP contribution in [0.3, 0.4) is 0 Å². The first-order valence-electron chi connectivity index (χ1n) is 4.71. The maximum atomic E-state index is 12.2. The van der Waals surface area contributed by atoms with Crippen LogP contribution >= 0.6 is 11.8 Å². The molecule has 0 amide bonds. The van der Waals surface area contributed by atoms with Crippen molar-refractivity contribution in [2.45, 2.75) is 25.5 Å². The van der Waals surface area contributed by atoms with Gasteiger partial charge in [-0.05, 0) is 38.7 Å². The molecule has 4 heteroatoms. The molecule has 1 aromatic rings. The summed E-state index contributed by atoms with van der Waals surface area (Å²) in [6.45, 7) is 5.67. The number of nitrogen functional groups attached to an aromatic ring is 1. The van der Waals surface area contributed by atoms with Gasteiger partial charge in [0.15, 0.2) is 5.78 Å². The number of pyridine rings is 1. The van der Waals surface area contributed by atoms with Crippen molar-refractivity contribution in [1.82, 2.24) is 4.98 Å². The molecule has 1 rings (SSSR count). The fourth-order valence-electron chi connectivity index (χ4n) is 1.27. The molecular weight excluding hydrogens is 208 g/mol. The van der Waals surface area contributed by atoms with E-state index in [-0.39, 0.29) is 5.78 Å². The quantitative estimate of drug-likeness (QED) is 0.800. The average Bonchev–Trinajstić information content (AvgIpc) is 2.17. The van der Waals surface area contributed by atoms with Crippen LogP contribution in [0.15, 0.2) is 12.3 Å². The average molecular weight is 224 g/mol. The molecule has 0 fully saturated rings. The first kappa shape index (κ1) is 12.0. The minimum atomic E-state index is -0.456. The van der Waals surface area contributed by atoms with Gasteiger partial charge in [0, 0.05) is 6.20 Å². The van der Waals surface area contributed by atoms with Gasteiger partial charge in [0.1, 0.15) is 5.82 Å². The number of carbonyl (C=O) groups excluding carboxylic acids is 1. The summed E-state index contributed by atoms with van der Waals surface area (Å²) in [5, 5.41) is 0. The van der Waals surface area contributed by atoms with Crippen molar-refractivity contribution in [1.29, 1.82) is 0 Å². The second kappa shape index (κ2) is 4.23. The standard InChI is InChI=1S/C11H16N2OS/c1-7-5-6-13-10(12)8(7)9(14)11(2,3)15-4/h5-6H,1-4H3,(H2,12,13). The molecule has 0 bridgehead atoms. The highest BCUT2D eigenvalue weighted by atomic mass is 32.2. The number of nitrogens with zero attached hydrogens (tertiary/aromatic N) is 1. The number of hydrogen-bond acceptors (Lipinski definition) is 4. The van der Waals surface area contributed by atoms with Crippen LogP contribution in [0.4, 0.5) is 5.82 Å². The Morgan fingerprint density at radius 1 is 1.53 bits per heavy atom. The first-order chi connectivity index (χ1) is 6.90. The largest absolute Gasteiger partial charge is 0.383 e. The van der Waals surface area contributed by atoms with Crippen LogP contribution in [0.2, 0.25) is 0 Å². The van der Waals surface area contributed by atoms with Crippen LogP contribution in [0.1, 0.15) is 29.8 Å². The van der Waals surface area contributed by atoms with E-state index >= 15 is 0 Å². The monoisotopic (exact) mass is 224 g/mol. The fraction of sp³-hybridized carbons (Fsp3) is 0.455. The normalized spacial score (nSPS) is 11.5. The van der Waals surface area contributed by atoms with Crippen molar-refractivity contribution < 1.29 is 4.79 Å². The zero-order valence-electron chi connectivity index (χ0n) is 9.50. The molecule has 0 unspecified atom stereocenters. The Labute approximate surface area is 94.5 Å². The van der Waals surface area contributed by atoms with Crippen molar-refractivity contribution in [3.63, 3.8) is 0 Å². The summed E-state index contributed by atoms with van der Waals surface area (Å²) in [5.74, 6) is 0.361. The molecule has 0 spiro atoms. The molecule has 0 aliphatic rings. The molecule has 0 saturated carbocycles. The topological polar surface area (TPSA) is 56.0 Å². The lowest BCUT2D eigenvalue weighted by Gasteiger charge is -2.21. The molecule has 0 aromatic carbocycles. The van der Waals surface area contributed by atoms with Gasteiger partial charge in [-0.3, -0.25) is 4.79 Å². The zero-order valence-corrected chi connectivity index (χ0v) is 10.3. The molecule has 0 aliphatic carbocycles. The van der Waals surface area contributed by atoms with Crippen LogP contribution in [-0.4, -0.2) is 21.8 Å². The van der Waals surface area contributed by atoms with Crippen molar-refractivity contribution >= 4 is 23.4 Å². The number of nitrogens with two attached hydrogens (primary N) is 1. The Bertz CT molecular complexity index is 368. The number of ketones is 1. The molecule has 2 N–H and O–H groups in total. The lowest BCUT2D eigenvalue weighted by atomic mass is 9.97. The molecule has 82 valence electrons. The smallest absolute Gasteiger partial charge is 0.182 e. The lowest BCUT2D eigenvalue weighted by Crippen LogP contribution is -2.29. The van der Waals surface area contributed by atoms with E-state index in [0.29, 0.717) is 11.4 Å². The summed E-state index contributed by atoms with van der Waals surface area (Å²) in [6, 6.07) is 1.81. The summed E-state index contributed by atoms with van der Waals surface area (Å²) >= 11 is 1.51. The highest BCUT2D eigenvalue weighted by Crippen LogP contribution is 2.29. The third kappa shape index (κ3) is 2.31. The van der Waals surface area contributed by atoms with Gasteiger partial charge in [-0.1, -0.05) is 0 Å². The number of rotatable bonds is 3. The predicted molar refractivity (Wildman–Crippen MR) is 65.3 cm³/mol. The Kier molecular flexibility index (Phi) is 3.39. The van der Waals surface area contributed by atoms with Gasteiger partial charge in [-0.15, -0.1) is 0 Å². The van der Waals surface area contributed by atoms with E-state index < -0.39 is 4.75 Å². The first-order valence-corrected chi connectivity index (χ1v) is 5.93. The van der Waals surface area contributed by atoms with Gasteiger partial charge in [0.05, 0.1) is 10.3 Å². The number of Topliss-reactive ketones (excluding diaryl/α,β-unsaturated/α-hetero) is 1. The van der Waals surface area contributed by atoms with E-state index in [1.807, 2.05) is 27.0 Å². The number of aromatic nitrogens is 1. The van der Waals surface area contributed by atoms with E-state index in [0.717, 1.165) is 5.56 Å². The molecule has 0 aliphatic heterocycles. The Morgan fingerprint density at radius 3 is 2.60 bits per heavy atom. The molecule has 0 radical (unpaired) electrons. The van der Waals surface area contributed by atoms with Gasteiger partial charge >= 0.3 is 0 Å². The maximum Gasteiger partial charge on any atom is 0.182 e. The summed E-state index contributed by atoms with van der Waals surface area (Å²) in [7, 11) is 0. The van der Waals surface area contributed by atoms with Crippen LogP contribution in [0.5, 0.6) is 0 Å². The fourth-order valence-corrected chi connectivity index (χ4v) is 1.56. The van der Waals surface area contributed by atoms with Gasteiger partial charge in [0.25, 0.3) is 0 Å². The molecule has 3 nitrogen and oxygen atoms in total. The van der Waals surface area contributed by atoms with Crippen LogP contribution in [0, 0.1) is 6.92 Å².